The molecule has 11 aromatic carbocycles. The van der Waals surface area contributed by atoms with Crippen molar-refractivity contribution in [2.24, 2.45) is 0 Å². The van der Waals surface area contributed by atoms with E-state index in [9.17, 15) is 5.26 Å². The lowest BCUT2D eigenvalue weighted by molar-refractivity contribution is 0.660. The molecule has 74 heavy (non-hydrogen) atoms. The summed E-state index contributed by atoms with van der Waals surface area (Å²) >= 11 is 1.77. The second-order valence-corrected chi connectivity index (χ2v) is 20.7. The van der Waals surface area contributed by atoms with Gasteiger partial charge in [-0.1, -0.05) is 178 Å². The first kappa shape index (κ1) is 44.7. The highest BCUT2D eigenvalue weighted by Gasteiger charge is 2.36. The molecular weight excluding hydrogens is 915 g/mol. The van der Waals surface area contributed by atoms with Crippen molar-refractivity contribution in [2.45, 2.75) is 19.3 Å². The fourth-order valence-electron chi connectivity index (χ4n) is 11.2. The quantitative estimate of drug-likeness (QED) is 0.137. The van der Waals surface area contributed by atoms with Crippen molar-refractivity contribution in [1.29, 1.82) is 5.26 Å². The Labute approximate surface area is 436 Å². The van der Waals surface area contributed by atoms with Crippen molar-refractivity contribution in [3.8, 4) is 61.7 Å². The van der Waals surface area contributed by atoms with Crippen LogP contribution in [0.15, 0.2) is 261 Å². The fourth-order valence-corrected chi connectivity index (χ4v) is 12.2. The Balaban J connectivity index is 1.08. The number of fused-ring (bicyclic) bond motifs is 6. The summed E-state index contributed by atoms with van der Waals surface area (Å²) in [4.78, 5) is 4.87. The van der Waals surface area contributed by atoms with Gasteiger partial charge >= 0.3 is 0 Å². The molecule has 0 saturated heterocycles. The van der Waals surface area contributed by atoms with Gasteiger partial charge in [0.2, 0.25) is 0 Å². The molecule has 4 heteroatoms. The largest absolute Gasteiger partial charge is 0.310 e. The van der Waals surface area contributed by atoms with Crippen molar-refractivity contribution in [3.63, 3.8) is 0 Å². The van der Waals surface area contributed by atoms with E-state index in [2.05, 4.69) is 278 Å². The third kappa shape index (κ3) is 7.92. The van der Waals surface area contributed by atoms with Crippen LogP contribution in [0.3, 0.4) is 0 Å². The summed E-state index contributed by atoms with van der Waals surface area (Å²) in [6.07, 6.45) is 0. The zero-order chi connectivity index (χ0) is 49.8. The molecule has 0 spiro atoms. The summed E-state index contributed by atoms with van der Waals surface area (Å²) < 4.78 is 2.34. The Hall–Kier alpha value is -9.27. The topological polar surface area (TPSA) is 30.3 Å². The summed E-state index contributed by atoms with van der Waals surface area (Å²) in [7, 11) is 0. The van der Waals surface area contributed by atoms with E-state index < -0.39 is 0 Å². The summed E-state index contributed by atoms with van der Waals surface area (Å²) in [5, 5.41) is 12.3. The summed E-state index contributed by atoms with van der Waals surface area (Å²) in [6, 6.07) is 96.9. The van der Waals surface area contributed by atoms with Crippen LogP contribution in [0.1, 0.15) is 30.5 Å². The normalized spacial score (nSPS) is 12.3. The van der Waals surface area contributed by atoms with Gasteiger partial charge in [0, 0.05) is 59.6 Å². The van der Waals surface area contributed by atoms with Crippen molar-refractivity contribution in [1.82, 2.24) is 0 Å². The second-order valence-electron chi connectivity index (χ2n) is 19.7. The molecule has 0 amide bonds. The standard InChI is InChI=1S/C70H49N3S/c1-70(2)65-30-13-12-29-60(65)61-35-33-59(45-66(61)70)72(55-26-14-23-51(40-55)48-17-6-3-7-18-48)58-34-36-67(62(44-58)54-32-38-69-64(43-54)63-39-47(46-71)31-37-68(63)74-69)73(56-27-15-24-52(41-56)49-19-8-4-9-20-49)57-28-16-25-53(42-57)50-21-10-5-11-22-50/h3-45H,1-2H3. The van der Waals surface area contributed by atoms with Gasteiger partial charge in [-0.15, -0.1) is 11.3 Å². The molecule has 0 aliphatic heterocycles. The predicted molar refractivity (Wildman–Crippen MR) is 313 cm³/mol. The van der Waals surface area contributed by atoms with Gasteiger partial charge in [-0.3, -0.25) is 0 Å². The molecule has 13 rings (SSSR count). The Kier molecular flexibility index (Phi) is 11.1. The van der Waals surface area contributed by atoms with Crippen LogP contribution in [-0.2, 0) is 5.41 Å². The van der Waals surface area contributed by atoms with Crippen molar-refractivity contribution in [3.05, 3.63) is 278 Å². The molecule has 3 nitrogen and oxygen atoms in total. The number of hydrogen-bond acceptors (Lipinski definition) is 4. The van der Waals surface area contributed by atoms with E-state index in [1.165, 1.54) is 27.0 Å². The van der Waals surface area contributed by atoms with Crippen LogP contribution in [-0.4, -0.2) is 0 Å². The van der Waals surface area contributed by atoms with Crippen molar-refractivity contribution in [2.75, 3.05) is 9.80 Å². The molecule has 0 atom stereocenters. The van der Waals surface area contributed by atoms with Gasteiger partial charge < -0.3 is 9.80 Å². The molecule has 0 N–H and O–H groups in total. The Morgan fingerprint density at radius 3 is 1.41 bits per heavy atom. The first-order valence-corrected chi connectivity index (χ1v) is 26.0. The Bertz CT molecular complexity index is 4050. The smallest absolute Gasteiger partial charge is 0.0991 e. The minimum absolute atomic E-state index is 0.193. The minimum Gasteiger partial charge on any atom is -0.310 e. The first-order chi connectivity index (χ1) is 36.4. The number of thiophene rings is 1. The van der Waals surface area contributed by atoms with Gasteiger partial charge in [-0.05, 0) is 158 Å². The number of nitrogens with zero attached hydrogens (tertiary/aromatic N) is 3. The van der Waals surface area contributed by atoms with E-state index >= 15 is 0 Å². The number of anilines is 6. The van der Waals surface area contributed by atoms with E-state index in [-0.39, 0.29) is 5.41 Å². The minimum atomic E-state index is -0.193. The zero-order valence-electron chi connectivity index (χ0n) is 41.1. The number of rotatable bonds is 10. The monoisotopic (exact) mass is 963 g/mol. The molecule has 1 aliphatic rings. The highest BCUT2D eigenvalue weighted by molar-refractivity contribution is 7.25. The predicted octanol–water partition coefficient (Wildman–Crippen LogP) is 19.8. The third-order valence-electron chi connectivity index (χ3n) is 14.8. The van der Waals surface area contributed by atoms with Crippen molar-refractivity contribution < 1.29 is 0 Å². The lowest BCUT2D eigenvalue weighted by Crippen LogP contribution is -2.17. The second kappa shape index (κ2) is 18.4. The maximum Gasteiger partial charge on any atom is 0.0991 e. The first-order valence-electron chi connectivity index (χ1n) is 25.2. The molecule has 350 valence electrons. The van der Waals surface area contributed by atoms with Gasteiger partial charge in [-0.25, -0.2) is 0 Å². The molecule has 1 aromatic heterocycles. The summed E-state index contributed by atoms with van der Waals surface area (Å²) in [6.45, 7) is 4.71. The van der Waals surface area contributed by atoms with Gasteiger partial charge in [0.15, 0.2) is 0 Å². The van der Waals surface area contributed by atoms with E-state index in [1.54, 1.807) is 11.3 Å². The SMILES string of the molecule is CC1(C)c2ccccc2-c2ccc(N(c3cccc(-c4ccccc4)c3)c3ccc(N(c4cccc(-c5ccccc5)c4)c4cccc(-c5ccccc5)c4)c(-c4ccc5sc6ccc(C#N)cc6c5c4)c3)cc21. The molecule has 0 saturated carbocycles. The maximum absolute atomic E-state index is 10.1. The van der Waals surface area contributed by atoms with Gasteiger partial charge in [0.25, 0.3) is 0 Å². The van der Waals surface area contributed by atoms with E-state index in [0.29, 0.717) is 5.56 Å². The van der Waals surface area contributed by atoms with Crippen LogP contribution >= 0.6 is 11.3 Å². The number of nitriles is 1. The van der Waals surface area contributed by atoms with Crippen LogP contribution in [0.2, 0.25) is 0 Å². The van der Waals surface area contributed by atoms with E-state index in [1.807, 2.05) is 12.1 Å². The van der Waals surface area contributed by atoms with Crippen LogP contribution in [0, 0.1) is 11.3 Å². The highest BCUT2D eigenvalue weighted by atomic mass is 32.1. The molecular formula is C70H49N3S. The molecule has 0 bridgehead atoms. The summed E-state index contributed by atoms with van der Waals surface area (Å²) in [5.74, 6) is 0. The molecule has 1 heterocycles. The fraction of sp³-hybridized carbons (Fsp3) is 0.0429. The third-order valence-corrected chi connectivity index (χ3v) is 16.0. The average molecular weight is 964 g/mol. The molecule has 1 aliphatic carbocycles. The zero-order valence-corrected chi connectivity index (χ0v) is 41.9. The lowest BCUT2D eigenvalue weighted by Gasteiger charge is -2.32. The molecule has 0 fully saturated rings. The van der Waals surface area contributed by atoms with Crippen LogP contribution < -0.4 is 9.80 Å². The van der Waals surface area contributed by atoms with Gasteiger partial charge in [0.1, 0.15) is 0 Å². The Morgan fingerprint density at radius 2 is 0.811 bits per heavy atom. The molecule has 12 aromatic rings. The summed E-state index contributed by atoms with van der Waals surface area (Å²) in [5.41, 5.74) is 21.0. The number of hydrogen-bond donors (Lipinski definition) is 0. The van der Waals surface area contributed by atoms with E-state index in [0.717, 1.165) is 94.1 Å². The Morgan fingerprint density at radius 1 is 0.338 bits per heavy atom. The maximum atomic E-state index is 10.1. The van der Waals surface area contributed by atoms with Crippen molar-refractivity contribution >= 4 is 65.6 Å². The number of benzene rings is 11. The van der Waals surface area contributed by atoms with Crippen LogP contribution in [0.25, 0.3) is 75.8 Å². The van der Waals surface area contributed by atoms with Crippen LogP contribution in [0.4, 0.5) is 34.1 Å². The average Bonchev–Trinajstić information content (AvgIpc) is 3.94. The van der Waals surface area contributed by atoms with Gasteiger partial charge in [0.05, 0.1) is 17.3 Å². The molecule has 0 radical (unpaired) electrons. The lowest BCUT2D eigenvalue weighted by atomic mass is 9.82. The highest BCUT2D eigenvalue weighted by Crippen LogP contribution is 2.52. The molecule has 0 unspecified atom stereocenters. The van der Waals surface area contributed by atoms with E-state index in [4.69, 9.17) is 0 Å². The van der Waals surface area contributed by atoms with Crippen LogP contribution in [0.5, 0.6) is 0 Å². The van der Waals surface area contributed by atoms with Gasteiger partial charge in [-0.2, -0.15) is 5.26 Å².